The van der Waals surface area contributed by atoms with E-state index in [2.05, 4.69) is 13.8 Å². The zero-order valence-electron chi connectivity index (χ0n) is 19.9. The standard InChI is InChI=1S/C28H54/c1-3-5-7-9-11-13-15-25-17-21-27(22-18-25)28-23-19-26(20-24-28)16-14-12-10-8-6-4-2/h25-28H,3-24H2,1-2H3/t25-,26-,27-,28-. The maximum absolute atomic E-state index is 2.32. The third-order valence-corrected chi connectivity index (χ3v) is 8.38. The van der Waals surface area contributed by atoms with Gasteiger partial charge < -0.3 is 0 Å². The molecular weight excluding hydrogens is 336 g/mol. The van der Waals surface area contributed by atoms with Crippen molar-refractivity contribution < 1.29 is 0 Å². The third kappa shape index (κ3) is 10.2. The lowest BCUT2D eigenvalue weighted by Crippen LogP contribution is -2.25. The molecule has 0 aliphatic heterocycles. The largest absolute Gasteiger partial charge is 0.0654 e. The van der Waals surface area contributed by atoms with Crippen LogP contribution in [0.2, 0.25) is 0 Å². The first kappa shape index (κ1) is 24.3. The summed E-state index contributed by atoms with van der Waals surface area (Å²) < 4.78 is 0. The average molecular weight is 391 g/mol. The highest BCUT2D eigenvalue weighted by Gasteiger charge is 2.30. The second-order valence-electron chi connectivity index (χ2n) is 10.7. The minimum absolute atomic E-state index is 1.09. The number of hydrogen-bond donors (Lipinski definition) is 0. The summed E-state index contributed by atoms with van der Waals surface area (Å²) in [6.07, 6.45) is 33.3. The summed E-state index contributed by atoms with van der Waals surface area (Å²) >= 11 is 0. The van der Waals surface area contributed by atoms with Crippen LogP contribution in [0.1, 0.15) is 155 Å². The molecule has 2 aliphatic rings. The van der Waals surface area contributed by atoms with E-state index < -0.39 is 0 Å². The van der Waals surface area contributed by atoms with Gasteiger partial charge in [-0.1, -0.05) is 129 Å². The zero-order chi connectivity index (χ0) is 19.9. The van der Waals surface area contributed by atoms with Gasteiger partial charge >= 0.3 is 0 Å². The van der Waals surface area contributed by atoms with Crippen LogP contribution in [0, 0.1) is 23.7 Å². The van der Waals surface area contributed by atoms with Gasteiger partial charge in [-0.15, -0.1) is 0 Å². The SMILES string of the molecule is CCCCCCCC[C@H]1CC[C@H]([C@H]2CC[C@H](CCCCCCCC)CC2)CC1. The lowest BCUT2D eigenvalue weighted by Gasteiger charge is -2.38. The molecule has 0 spiro atoms. The van der Waals surface area contributed by atoms with Crippen LogP contribution in [0.5, 0.6) is 0 Å². The molecule has 2 rings (SSSR count). The summed E-state index contributed by atoms with van der Waals surface area (Å²) in [7, 11) is 0. The fraction of sp³-hybridized carbons (Fsp3) is 1.00. The van der Waals surface area contributed by atoms with E-state index in [9.17, 15) is 0 Å². The first-order valence-corrected chi connectivity index (χ1v) is 13.8. The molecule has 0 N–H and O–H groups in total. The molecule has 0 amide bonds. The second kappa shape index (κ2) is 15.8. The summed E-state index contributed by atoms with van der Waals surface area (Å²) in [5.41, 5.74) is 0. The second-order valence-corrected chi connectivity index (χ2v) is 10.7. The van der Waals surface area contributed by atoms with Crippen LogP contribution < -0.4 is 0 Å². The van der Waals surface area contributed by atoms with Crippen molar-refractivity contribution in [2.24, 2.45) is 23.7 Å². The Balaban J connectivity index is 1.47. The van der Waals surface area contributed by atoms with Gasteiger partial charge in [-0.3, -0.25) is 0 Å². The highest BCUT2D eigenvalue weighted by atomic mass is 14.4. The van der Waals surface area contributed by atoms with E-state index in [1.165, 1.54) is 77.0 Å². The van der Waals surface area contributed by atoms with E-state index in [4.69, 9.17) is 0 Å². The van der Waals surface area contributed by atoms with E-state index in [1.807, 2.05) is 0 Å². The van der Waals surface area contributed by atoms with Crippen LogP contribution in [-0.2, 0) is 0 Å². The molecule has 0 atom stereocenters. The number of hydrogen-bond acceptors (Lipinski definition) is 0. The van der Waals surface area contributed by atoms with Gasteiger partial charge in [0.1, 0.15) is 0 Å². The lowest BCUT2D eigenvalue weighted by atomic mass is 9.68. The van der Waals surface area contributed by atoms with Crippen molar-refractivity contribution in [2.45, 2.75) is 155 Å². The molecular formula is C28H54. The Bertz CT molecular complexity index is 296. The lowest BCUT2D eigenvalue weighted by molar-refractivity contribution is 0.139. The van der Waals surface area contributed by atoms with Crippen molar-refractivity contribution in [3.05, 3.63) is 0 Å². The predicted octanol–water partition coefficient (Wildman–Crippen LogP) is 10.1. The number of rotatable bonds is 15. The van der Waals surface area contributed by atoms with Crippen LogP contribution in [0.15, 0.2) is 0 Å². The van der Waals surface area contributed by atoms with Gasteiger partial charge in [-0.2, -0.15) is 0 Å². The summed E-state index contributed by atoms with van der Waals surface area (Å²) in [6.45, 7) is 4.64. The number of unbranched alkanes of at least 4 members (excludes halogenated alkanes) is 10. The Labute approximate surface area is 179 Å². The molecule has 2 aliphatic carbocycles. The molecule has 0 aromatic carbocycles. The molecule has 0 aromatic rings. The summed E-state index contributed by atoms with van der Waals surface area (Å²) in [6, 6.07) is 0. The fourth-order valence-electron chi connectivity index (χ4n) is 6.32. The maximum Gasteiger partial charge on any atom is -0.0386 e. The topological polar surface area (TPSA) is 0 Å². The Hall–Kier alpha value is 0. The Morgan fingerprint density at radius 3 is 1.07 bits per heavy atom. The highest BCUT2D eigenvalue weighted by Crippen LogP contribution is 2.43. The smallest absolute Gasteiger partial charge is 0.0386 e. The molecule has 0 radical (unpaired) electrons. The van der Waals surface area contributed by atoms with Crippen molar-refractivity contribution >= 4 is 0 Å². The minimum atomic E-state index is 1.09. The predicted molar refractivity (Wildman–Crippen MR) is 127 cm³/mol. The van der Waals surface area contributed by atoms with Crippen molar-refractivity contribution in [3.8, 4) is 0 Å². The van der Waals surface area contributed by atoms with Crippen molar-refractivity contribution in [1.29, 1.82) is 0 Å². The van der Waals surface area contributed by atoms with Crippen LogP contribution in [0.3, 0.4) is 0 Å². The van der Waals surface area contributed by atoms with Crippen molar-refractivity contribution in [1.82, 2.24) is 0 Å². The highest BCUT2D eigenvalue weighted by molar-refractivity contribution is 4.82. The molecule has 2 fully saturated rings. The molecule has 166 valence electrons. The Kier molecular flexibility index (Phi) is 13.7. The normalized spacial score (nSPS) is 28.5. The molecule has 0 heteroatoms. The summed E-state index contributed by atoms with van der Waals surface area (Å²) in [4.78, 5) is 0. The zero-order valence-corrected chi connectivity index (χ0v) is 19.9. The van der Waals surface area contributed by atoms with Crippen LogP contribution in [0.4, 0.5) is 0 Å². The van der Waals surface area contributed by atoms with Crippen molar-refractivity contribution in [3.63, 3.8) is 0 Å². The Morgan fingerprint density at radius 2 is 0.714 bits per heavy atom. The molecule has 0 nitrogen and oxygen atoms in total. The van der Waals surface area contributed by atoms with Gasteiger partial charge in [-0.25, -0.2) is 0 Å². The van der Waals surface area contributed by atoms with Gasteiger partial charge in [0.2, 0.25) is 0 Å². The fourth-order valence-corrected chi connectivity index (χ4v) is 6.32. The Morgan fingerprint density at radius 1 is 0.393 bits per heavy atom. The molecule has 0 unspecified atom stereocenters. The van der Waals surface area contributed by atoms with Crippen molar-refractivity contribution in [2.75, 3.05) is 0 Å². The van der Waals surface area contributed by atoms with Gasteiger partial charge in [0, 0.05) is 0 Å². The quantitative estimate of drug-likeness (QED) is 0.244. The van der Waals surface area contributed by atoms with Gasteiger partial charge in [0.15, 0.2) is 0 Å². The monoisotopic (exact) mass is 390 g/mol. The van der Waals surface area contributed by atoms with E-state index in [-0.39, 0.29) is 0 Å². The van der Waals surface area contributed by atoms with E-state index in [0.29, 0.717) is 0 Å². The van der Waals surface area contributed by atoms with E-state index >= 15 is 0 Å². The van der Waals surface area contributed by atoms with Crippen LogP contribution in [-0.4, -0.2) is 0 Å². The molecule has 0 saturated heterocycles. The molecule has 0 heterocycles. The van der Waals surface area contributed by atoms with Gasteiger partial charge in [-0.05, 0) is 49.4 Å². The molecule has 0 bridgehead atoms. The molecule has 2 saturated carbocycles. The molecule has 28 heavy (non-hydrogen) atoms. The average Bonchev–Trinajstić information content (AvgIpc) is 2.74. The summed E-state index contributed by atoms with van der Waals surface area (Å²) in [5.74, 6) is 4.39. The first-order chi connectivity index (χ1) is 13.8. The van der Waals surface area contributed by atoms with E-state index in [1.54, 1.807) is 64.2 Å². The van der Waals surface area contributed by atoms with Crippen LogP contribution in [0.25, 0.3) is 0 Å². The molecule has 0 aromatic heterocycles. The first-order valence-electron chi connectivity index (χ1n) is 13.8. The third-order valence-electron chi connectivity index (χ3n) is 8.38. The minimum Gasteiger partial charge on any atom is -0.0654 e. The van der Waals surface area contributed by atoms with Gasteiger partial charge in [0.25, 0.3) is 0 Å². The maximum atomic E-state index is 2.32. The van der Waals surface area contributed by atoms with Gasteiger partial charge in [0.05, 0.1) is 0 Å². The van der Waals surface area contributed by atoms with Crippen LogP contribution >= 0.6 is 0 Å². The van der Waals surface area contributed by atoms with E-state index in [0.717, 1.165) is 23.7 Å². The summed E-state index contributed by atoms with van der Waals surface area (Å²) in [5, 5.41) is 0.